The first-order valence-electron chi connectivity index (χ1n) is 11.8. The maximum atomic E-state index is 13.2. The van der Waals surface area contributed by atoms with Crippen molar-refractivity contribution in [1.29, 1.82) is 0 Å². The van der Waals surface area contributed by atoms with Gasteiger partial charge >= 0.3 is 5.97 Å². The van der Waals surface area contributed by atoms with Crippen LogP contribution >= 0.6 is 0 Å². The zero-order chi connectivity index (χ0) is 26.0. The van der Waals surface area contributed by atoms with E-state index in [9.17, 15) is 24.3 Å². The van der Waals surface area contributed by atoms with E-state index in [-0.39, 0.29) is 24.2 Å². The van der Waals surface area contributed by atoms with E-state index in [1.54, 1.807) is 6.92 Å². The summed E-state index contributed by atoms with van der Waals surface area (Å²) in [6, 6.07) is -3.84. The first-order chi connectivity index (χ1) is 15.9. The maximum Gasteiger partial charge on any atom is 0.326 e. The van der Waals surface area contributed by atoms with E-state index in [0.29, 0.717) is 18.5 Å². The van der Waals surface area contributed by atoms with Crippen molar-refractivity contribution in [3.8, 4) is 0 Å². The molecule has 0 aliphatic carbocycles. The number of nitrogens with zero attached hydrogens (tertiary/aromatic N) is 1. The second-order valence-electron chi connectivity index (χ2n) is 9.19. The number of carboxylic acid groups (broad SMARTS) is 1. The summed E-state index contributed by atoms with van der Waals surface area (Å²) in [7, 11) is 0. The summed E-state index contributed by atoms with van der Waals surface area (Å²) >= 11 is 0. The van der Waals surface area contributed by atoms with Gasteiger partial charge in [-0.2, -0.15) is 0 Å². The molecule has 1 aromatic rings. The van der Waals surface area contributed by atoms with Crippen LogP contribution in [0.15, 0.2) is 12.5 Å². The fraction of sp³-hybridized carbons (Fsp3) is 0.696. The number of nitrogens with one attached hydrogen (secondary N) is 4. The molecule has 0 radical (unpaired) electrons. The molecule has 1 rings (SSSR count). The van der Waals surface area contributed by atoms with Crippen molar-refractivity contribution in [2.45, 2.75) is 85.0 Å². The lowest BCUT2D eigenvalue weighted by Gasteiger charge is -2.30. The molecule has 0 aromatic carbocycles. The highest BCUT2D eigenvalue weighted by molar-refractivity contribution is 5.94. The number of amides is 3. The van der Waals surface area contributed by atoms with Crippen LogP contribution in [0.3, 0.4) is 0 Å². The predicted octanol–water partition coefficient (Wildman–Crippen LogP) is 0.567. The predicted molar refractivity (Wildman–Crippen MR) is 127 cm³/mol. The quantitative estimate of drug-likeness (QED) is 0.225. The second-order valence-corrected chi connectivity index (χ2v) is 9.19. The van der Waals surface area contributed by atoms with E-state index >= 15 is 0 Å². The summed E-state index contributed by atoms with van der Waals surface area (Å²) in [6.07, 6.45) is 4.10. The van der Waals surface area contributed by atoms with Crippen LogP contribution in [0.1, 0.15) is 60.1 Å². The van der Waals surface area contributed by atoms with Crippen molar-refractivity contribution in [2.75, 3.05) is 0 Å². The van der Waals surface area contributed by atoms with Crippen molar-refractivity contribution < 1.29 is 24.3 Å². The van der Waals surface area contributed by atoms with Gasteiger partial charge in [0.1, 0.15) is 18.1 Å². The SMILES string of the molecule is CCC(C)C(NC(=O)C(N)C(C)C)C(=O)NC(C(=O)NC(Cc1cnc[nH]1)C(=O)O)C(C)CC. The summed E-state index contributed by atoms with van der Waals surface area (Å²) in [4.78, 5) is 57.2. The lowest BCUT2D eigenvalue weighted by Crippen LogP contribution is -2.60. The van der Waals surface area contributed by atoms with Crippen LogP contribution in [0, 0.1) is 17.8 Å². The Labute approximate surface area is 201 Å². The highest BCUT2D eigenvalue weighted by Gasteiger charge is 2.34. The summed E-state index contributed by atoms with van der Waals surface area (Å²) in [5.74, 6) is -3.37. The molecule has 0 aliphatic heterocycles. The number of H-pyrrole nitrogens is 1. The number of rotatable bonds is 14. The maximum absolute atomic E-state index is 13.2. The van der Waals surface area contributed by atoms with E-state index in [1.165, 1.54) is 12.5 Å². The fourth-order valence-corrected chi connectivity index (χ4v) is 3.28. The van der Waals surface area contributed by atoms with Gasteiger partial charge in [-0.25, -0.2) is 9.78 Å². The average molecular weight is 481 g/mol. The zero-order valence-corrected chi connectivity index (χ0v) is 20.9. The third-order valence-corrected chi connectivity index (χ3v) is 6.20. The van der Waals surface area contributed by atoms with Gasteiger partial charge in [0.25, 0.3) is 0 Å². The van der Waals surface area contributed by atoms with E-state index < -0.39 is 47.9 Å². The number of carboxylic acids is 1. The molecular weight excluding hydrogens is 440 g/mol. The summed E-state index contributed by atoms with van der Waals surface area (Å²) in [6.45, 7) is 11.0. The number of nitrogens with two attached hydrogens (primary N) is 1. The van der Waals surface area contributed by atoms with Crippen LogP contribution in [0.2, 0.25) is 0 Å². The lowest BCUT2D eigenvalue weighted by molar-refractivity contribution is -0.142. The number of hydrogen-bond acceptors (Lipinski definition) is 6. The highest BCUT2D eigenvalue weighted by Crippen LogP contribution is 2.13. The molecule has 7 N–H and O–H groups in total. The molecule has 34 heavy (non-hydrogen) atoms. The van der Waals surface area contributed by atoms with Gasteiger partial charge in [-0.3, -0.25) is 14.4 Å². The van der Waals surface area contributed by atoms with Gasteiger partial charge in [0.2, 0.25) is 17.7 Å². The second kappa shape index (κ2) is 13.7. The molecule has 11 nitrogen and oxygen atoms in total. The third kappa shape index (κ3) is 8.44. The van der Waals surface area contributed by atoms with Crippen LogP contribution in [0.25, 0.3) is 0 Å². The molecule has 0 aliphatic rings. The molecule has 1 aromatic heterocycles. The highest BCUT2D eigenvalue weighted by atomic mass is 16.4. The molecule has 11 heteroatoms. The molecular formula is C23H40N6O5. The number of aromatic amines is 1. The lowest BCUT2D eigenvalue weighted by atomic mass is 9.94. The molecule has 1 heterocycles. The normalized spacial score (nSPS) is 16.6. The number of aromatic nitrogens is 2. The van der Waals surface area contributed by atoms with Gasteiger partial charge in [0, 0.05) is 18.3 Å². The summed E-state index contributed by atoms with van der Waals surface area (Å²) in [5.41, 5.74) is 6.49. The Kier molecular flexibility index (Phi) is 11.7. The minimum absolute atomic E-state index is 0.0148. The minimum Gasteiger partial charge on any atom is -0.480 e. The van der Waals surface area contributed by atoms with Gasteiger partial charge in [0.15, 0.2) is 0 Å². The Balaban J connectivity index is 3.04. The largest absolute Gasteiger partial charge is 0.480 e. The monoisotopic (exact) mass is 480 g/mol. The van der Waals surface area contributed by atoms with Gasteiger partial charge < -0.3 is 31.8 Å². The number of carbonyl (C=O) groups excluding carboxylic acids is 3. The molecule has 3 amide bonds. The van der Waals surface area contributed by atoms with Gasteiger partial charge in [0.05, 0.1) is 12.4 Å². The molecule has 0 saturated carbocycles. The molecule has 0 bridgehead atoms. The van der Waals surface area contributed by atoms with E-state index in [2.05, 4.69) is 25.9 Å². The van der Waals surface area contributed by atoms with Crippen molar-refractivity contribution >= 4 is 23.7 Å². The number of imidazole rings is 1. The first kappa shape index (κ1) is 29.1. The van der Waals surface area contributed by atoms with Crippen molar-refractivity contribution in [2.24, 2.45) is 23.5 Å². The smallest absolute Gasteiger partial charge is 0.326 e. The Hall–Kier alpha value is -2.95. The Morgan fingerprint density at radius 2 is 1.44 bits per heavy atom. The van der Waals surface area contributed by atoms with Crippen LogP contribution in [-0.4, -0.2) is 62.9 Å². The molecule has 6 unspecified atom stereocenters. The zero-order valence-electron chi connectivity index (χ0n) is 20.9. The molecule has 0 saturated heterocycles. The number of carbonyl (C=O) groups is 4. The average Bonchev–Trinajstić information content (AvgIpc) is 3.31. The van der Waals surface area contributed by atoms with E-state index in [0.717, 1.165) is 0 Å². The van der Waals surface area contributed by atoms with Gasteiger partial charge in [-0.1, -0.05) is 54.4 Å². The minimum atomic E-state index is -1.20. The Bertz CT molecular complexity index is 813. The van der Waals surface area contributed by atoms with Crippen molar-refractivity contribution in [3.05, 3.63) is 18.2 Å². The topological polar surface area (TPSA) is 179 Å². The Morgan fingerprint density at radius 1 is 0.941 bits per heavy atom. The van der Waals surface area contributed by atoms with Gasteiger partial charge in [-0.05, 0) is 17.8 Å². The van der Waals surface area contributed by atoms with Crippen LogP contribution < -0.4 is 21.7 Å². The van der Waals surface area contributed by atoms with Crippen molar-refractivity contribution in [1.82, 2.24) is 25.9 Å². The standard InChI is InChI=1S/C23H40N6O5/c1-7-13(5)18(21(31)27-16(23(33)34)9-15-10-25-11-26-15)29-22(32)19(14(6)8-2)28-20(30)17(24)12(3)4/h10-14,16-19H,7-9,24H2,1-6H3,(H,25,26)(H,27,31)(H,28,30)(H,29,32)(H,33,34). The van der Waals surface area contributed by atoms with Gasteiger partial charge in [-0.15, -0.1) is 0 Å². The molecule has 192 valence electrons. The molecule has 6 atom stereocenters. The number of hydrogen-bond donors (Lipinski definition) is 6. The molecule has 0 fully saturated rings. The molecule has 0 spiro atoms. The van der Waals surface area contributed by atoms with Crippen LogP contribution in [0.4, 0.5) is 0 Å². The summed E-state index contributed by atoms with van der Waals surface area (Å²) < 4.78 is 0. The fourth-order valence-electron chi connectivity index (χ4n) is 3.28. The van der Waals surface area contributed by atoms with E-state index in [1.807, 2.05) is 34.6 Å². The summed E-state index contributed by atoms with van der Waals surface area (Å²) in [5, 5.41) is 17.6. The number of aliphatic carboxylic acids is 1. The van der Waals surface area contributed by atoms with Crippen LogP contribution in [0.5, 0.6) is 0 Å². The van der Waals surface area contributed by atoms with E-state index in [4.69, 9.17) is 5.73 Å². The third-order valence-electron chi connectivity index (χ3n) is 6.20. The first-order valence-corrected chi connectivity index (χ1v) is 11.8. The Morgan fingerprint density at radius 3 is 1.85 bits per heavy atom. The van der Waals surface area contributed by atoms with Crippen LogP contribution in [-0.2, 0) is 25.6 Å². The van der Waals surface area contributed by atoms with Crippen molar-refractivity contribution in [3.63, 3.8) is 0 Å².